The molecule has 2 N–H and O–H groups in total. The first kappa shape index (κ1) is 24.7. The number of sulfone groups is 1. The van der Waals surface area contributed by atoms with Gasteiger partial charge in [-0.2, -0.15) is 0 Å². The van der Waals surface area contributed by atoms with E-state index in [-0.39, 0.29) is 35.6 Å². The van der Waals surface area contributed by atoms with Crippen molar-refractivity contribution in [1.29, 1.82) is 0 Å². The minimum Gasteiger partial charge on any atom is -0.396 e. The lowest BCUT2D eigenvalue weighted by molar-refractivity contribution is 0.238. The van der Waals surface area contributed by atoms with E-state index in [1.807, 2.05) is 15.9 Å². The van der Waals surface area contributed by atoms with Crippen LogP contribution in [0, 0.1) is 5.92 Å². The van der Waals surface area contributed by atoms with E-state index in [2.05, 4.69) is 4.98 Å². The van der Waals surface area contributed by atoms with Crippen LogP contribution >= 0.6 is 0 Å². The molecule has 0 amide bonds. The molecule has 5 rings (SSSR count). The Morgan fingerprint density at radius 3 is 2.61 bits per heavy atom. The summed E-state index contributed by atoms with van der Waals surface area (Å²) < 4.78 is 27.1. The summed E-state index contributed by atoms with van der Waals surface area (Å²) in [4.78, 5) is 26.5. The van der Waals surface area contributed by atoms with Crippen LogP contribution in [0.1, 0.15) is 19.3 Å². The standard InChI is InChI=1S/C25H31N5O5S/c1-28-15-26-20-11-19(27-24(23(20)25(28)33)29-9-7-16(12-29)13-31)17-5-6-21(22(10-17)36(2,34)35)30-8-3-4-18(30)14-32/h5-6,10-11,15-16,18,31-32H,3-4,7-9,12-14H2,1-2H3/t16-,18-/m0/s1. The van der Waals surface area contributed by atoms with E-state index in [4.69, 9.17) is 4.98 Å². The van der Waals surface area contributed by atoms with E-state index in [9.17, 15) is 23.4 Å². The van der Waals surface area contributed by atoms with Crippen LogP contribution in [-0.2, 0) is 16.9 Å². The van der Waals surface area contributed by atoms with E-state index >= 15 is 0 Å². The number of nitrogens with zero attached hydrogens (tertiary/aromatic N) is 5. The Morgan fingerprint density at radius 2 is 1.92 bits per heavy atom. The predicted molar refractivity (Wildman–Crippen MR) is 138 cm³/mol. The van der Waals surface area contributed by atoms with Crippen molar-refractivity contribution in [1.82, 2.24) is 14.5 Å². The van der Waals surface area contributed by atoms with Gasteiger partial charge in [-0.3, -0.25) is 4.79 Å². The molecule has 2 aliphatic heterocycles. The Balaban J connectivity index is 1.68. The van der Waals surface area contributed by atoms with Gasteiger partial charge in [-0.1, -0.05) is 6.07 Å². The van der Waals surface area contributed by atoms with Gasteiger partial charge in [-0.15, -0.1) is 0 Å². The molecular formula is C25H31N5O5S. The minimum atomic E-state index is -3.58. The maximum Gasteiger partial charge on any atom is 0.264 e. The molecule has 0 bridgehead atoms. The van der Waals surface area contributed by atoms with Crippen LogP contribution in [0.5, 0.6) is 0 Å². The minimum absolute atomic E-state index is 0.0359. The molecule has 0 aliphatic carbocycles. The molecule has 192 valence electrons. The number of pyridine rings is 1. The molecule has 36 heavy (non-hydrogen) atoms. The second kappa shape index (κ2) is 9.45. The number of aryl methyl sites for hydroxylation is 1. The Morgan fingerprint density at radius 1 is 1.11 bits per heavy atom. The van der Waals surface area contributed by atoms with E-state index in [1.165, 1.54) is 17.2 Å². The number of aliphatic hydroxyl groups excluding tert-OH is 2. The van der Waals surface area contributed by atoms with Crippen molar-refractivity contribution in [2.24, 2.45) is 13.0 Å². The average molecular weight is 514 g/mol. The van der Waals surface area contributed by atoms with Gasteiger partial charge in [-0.25, -0.2) is 18.4 Å². The highest BCUT2D eigenvalue weighted by Gasteiger charge is 2.30. The lowest BCUT2D eigenvalue weighted by Gasteiger charge is -2.27. The first-order chi connectivity index (χ1) is 17.2. The lowest BCUT2D eigenvalue weighted by atomic mass is 10.1. The molecule has 2 aromatic heterocycles. The number of fused-ring (bicyclic) bond motifs is 1. The van der Waals surface area contributed by atoms with Crippen molar-refractivity contribution in [3.05, 3.63) is 40.9 Å². The summed E-state index contributed by atoms with van der Waals surface area (Å²) in [5, 5.41) is 19.8. The molecule has 2 fully saturated rings. The van der Waals surface area contributed by atoms with Crippen LogP contribution in [0.3, 0.4) is 0 Å². The van der Waals surface area contributed by atoms with Gasteiger partial charge in [0.1, 0.15) is 11.2 Å². The zero-order valence-corrected chi connectivity index (χ0v) is 21.3. The van der Waals surface area contributed by atoms with Crippen LogP contribution in [0.4, 0.5) is 11.5 Å². The molecule has 4 heterocycles. The van der Waals surface area contributed by atoms with Gasteiger partial charge in [-0.05, 0) is 37.5 Å². The zero-order valence-electron chi connectivity index (χ0n) is 20.5. The highest BCUT2D eigenvalue weighted by atomic mass is 32.2. The van der Waals surface area contributed by atoms with E-state index in [1.54, 1.807) is 25.2 Å². The number of hydrogen-bond donors (Lipinski definition) is 2. The first-order valence-electron chi connectivity index (χ1n) is 12.2. The fourth-order valence-corrected chi connectivity index (χ4v) is 6.21. The third-order valence-electron chi connectivity index (χ3n) is 7.28. The molecule has 0 radical (unpaired) electrons. The highest BCUT2D eigenvalue weighted by Crippen LogP contribution is 2.36. The summed E-state index contributed by atoms with van der Waals surface area (Å²) in [5.41, 5.74) is 1.97. The van der Waals surface area contributed by atoms with Gasteiger partial charge in [0, 0.05) is 51.0 Å². The summed E-state index contributed by atoms with van der Waals surface area (Å²) in [5.74, 6) is 0.596. The normalized spacial score (nSPS) is 20.6. The largest absolute Gasteiger partial charge is 0.396 e. The molecule has 2 aliphatic rings. The third-order valence-corrected chi connectivity index (χ3v) is 8.41. The molecule has 3 aromatic rings. The van der Waals surface area contributed by atoms with Crippen LogP contribution in [-0.4, -0.2) is 78.3 Å². The van der Waals surface area contributed by atoms with Crippen molar-refractivity contribution in [2.45, 2.75) is 30.2 Å². The summed E-state index contributed by atoms with van der Waals surface area (Å²) >= 11 is 0. The van der Waals surface area contributed by atoms with Crippen LogP contribution in [0.2, 0.25) is 0 Å². The van der Waals surface area contributed by atoms with Crippen molar-refractivity contribution in [3.8, 4) is 11.3 Å². The summed E-state index contributed by atoms with van der Waals surface area (Å²) in [6.07, 6.45) is 5.13. The van der Waals surface area contributed by atoms with Crippen LogP contribution in [0.25, 0.3) is 22.2 Å². The molecule has 2 atom stereocenters. The summed E-state index contributed by atoms with van der Waals surface area (Å²) in [7, 11) is -1.94. The van der Waals surface area contributed by atoms with Gasteiger partial charge in [0.25, 0.3) is 5.56 Å². The van der Waals surface area contributed by atoms with Gasteiger partial charge < -0.3 is 24.6 Å². The lowest BCUT2D eigenvalue weighted by Crippen LogP contribution is -2.33. The van der Waals surface area contributed by atoms with Crippen LogP contribution < -0.4 is 15.4 Å². The van der Waals surface area contributed by atoms with Crippen LogP contribution in [0.15, 0.2) is 40.3 Å². The van der Waals surface area contributed by atoms with Crippen molar-refractivity contribution >= 4 is 32.2 Å². The maximum atomic E-state index is 13.0. The van der Waals surface area contributed by atoms with Gasteiger partial charge >= 0.3 is 0 Å². The molecule has 2 saturated heterocycles. The Labute approximate surface area is 209 Å². The molecule has 0 saturated carbocycles. The second-order valence-corrected chi connectivity index (χ2v) is 11.8. The summed E-state index contributed by atoms with van der Waals surface area (Å²) in [6, 6.07) is 6.83. The smallest absolute Gasteiger partial charge is 0.264 e. The summed E-state index contributed by atoms with van der Waals surface area (Å²) in [6.45, 7) is 1.94. The van der Waals surface area contributed by atoms with Gasteiger partial charge in [0.15, 0.2) is 9.84 Å². The fourth-order valence-electron chi connectivity index (χ4n) is 5.30. The number of aromatic nitrogens is 3. The number of aliphatic hydroxyl groups is 2. The first-order valence-corrected chi connectivity index (χ1v) is 14.0. The number of anilines is 2. The van der Waals surface area contributed by atoms with E-state index in [0.717, 1.165) is 19.3 Å². The Kier molecular flexibility index (Phi) is 6.48. The predicted octanol–water partition coefficient (Wildman–Crippen LogP) is 1.18. The molecule has 0 spiro atoms. The van der Waals surface area contributed by atoms with Gasteiger partial charge in [0.2, 0.25) is 0 Å². The number of benzene rings is 1. The number of rotatable bonds is 6. The number of hydrogen-bond acceptors (Lipinski definition) is 9. The van der Waals surface area contributed by atoms with E-state index < -0.39 is 9.84 Å². The molecule has 11 heteroatoms. The van der Waals surface area contributed by atoms with Gasteiger partial charge in [0.05, 0.1) is 40.8 Å². The molecular weight excluding hydrogens is 482 g/mol. The molecule has 1 aromatic carbocycles. The average Bonchev–Trinajstić information content (AvgIpc) is 3.54. The zero-order chi connectivity index (χ0) is 25.6. The SMILES string of the molecule is Cn1cnc2cc(-c3ccc(N4CCC[C@H]4CO)c(S(C)(=O)=O)c3)nc(N3CC[C@H](CO)C3)c2c1=O. The van der Waals surface area contributed by atoms with Crippen molar-refractivity contribution < 1.29 is 18.6 Å². The van der Waals surface area contributed by atoms with Crippen molar-refractivity contribution in [2.75, 3.05) is 48.9 Å². The maximum absolute atomic E-state index is 13.0. The molecule has 0 unspecified atom stereocenters. The topological polar surface area (TPSA) is 129 Å². The second-order valence-electron chi connectivity index (χ2n) is 9.80. The van der Waals surface area contributed by atoms with E-state index in [0.29, 0.717) is 53.3 Å². The van der Waals surface area contributed by atoms with Crippen molar-refractivity contribution in [3.63, 3.8) is 0 Å². The monoisotopic (exact) mass is 513 g/mol. The fraction of sp³-hybridized carbons (Fsp3) is 0.480. The quantitative estimate of drug-likeness (QED) is 0.499. The Hall–Kier alpha value is -3.02. The third kappa shape index (κ3) is 4.35. The Bertz CT molecular complexity index is 1470. The molecule has 10 nitrogen and oxygen atoms in total. The highest BCUT2D eigenvalue weighted by molar-refractivity contribution is 7.90.